The van der Waals surface area contributed by atoms with Crippen molar-refractivity contribution in [3.05, 3.63) is 29.8 Å². The van der Waals surface area contributed by atoms with E-state index in [0.29, 0.717) is 0 Å². The van der Waals surface area contributed by atoms with E-state index in [1.807, 2.05) is 0 Å². The summed E-state index contributed by atoms with van der Waals surface area (Å²) in [6, 6.07) is 8.81. The van der Waals surface area contributed by atoms with Crippen molar-refractivity contribution in [1.82, 2.24) is 0 Å². The van der Waals surface area contributed by atoms with Crippen molar-refractivity contribution in [2.45, 2.75) is 26.2 Å². The predicted octanol–water partition coefficient (Wildman–Crippen LogP) is 2.42. The molecule has 16 heavy (non-hydrogen) atoms. The van der Waals surface area contributed by atoms with E-state index in [2.05, 4.69) is 36.1 Å². The zero-order chi connectivity index (χ0) is 11.4. The lowest BCUT2D eigenvalue weighted by molar-refractivity contribution is 0.523. The maximum Gasteiger partial charge on any atom is 0.0398 e. The molecule has 1 atom stereocenters. The molecule has 1 heterocycles. The number of anilines is 1. The third-order valence-corrected chi connectivity index (χ3v) is 3.31. The van der Waals surface area contributed by atoms with Crippen molar-refractivity contribution in [1.29, 1.82) is 0 Å². The molecule has 0 aliphatic carbocycles. The Morgan fingerprint density at radius 1 is 1.31 bits per heavy atom. The van der Waals surface area contributed by atoms with Crippen LogP contribution >= 0.6 is 0 Å². The lowest BCUT2D eigenvalue weighted by atomic mass is 9.94. The van der Waals surface area contributed by atoms with E-state index in [0.717, 1.165) is 25.4 Å². The zero-order valence-electron chi connectivity index (χ0n) is 10.2. The normalized spacial score (nSPS) is 19.6. The molecular formula is C14H22N2. The van der Waals surface area contributed by atoms with E-state index in [-0.39, 0.29) is 0 Å². The summed E-state index contributed by atoms with van der Waals surface area (Å²) in [5.41, 5.74) is 8.50. The first-order valence-electron chi connectivity index (χ1n) is 6.34. The molecule has 0 saturated carbocycles. The van der Waals surface area contributed by atoms with Crippen LogP contribution in [0.15, 0.2) is 24.3 Å². The number of unbranched alkanes of at least 4 members (excludes halogenated alkanes) is 1. The quantitative estimate of drug-likeness (QED) is 0.786. The predicted molar refractivity (Wildman–Crippen MR) is 69.8 cm³/mol. The van der Waals surface area contributed by atoms with Gasteiger partial charge in [-0.3, -0.25) is 0 Å². The fourth-order valence-electron chi connectivity index (χ4n) is 2.57. The molecule has 1 aromatic rings. The van der Waals surface area contributed by atoms with Gasteiger partial charge in [0.05, 0.1) is 0 Å². The number of benzene rings is 1. The van der Waals surface area contributed by atoms with Gasteiger partial charge in [-0.25, -0.2) is 0 Å². The van der Waals surface area contributed by atoms with Crippen LogP contribution in [0.3, 0.4) is 0 Å². The molecule has 0 radical (unpaired) electrons. The van der Waals surface area contributed by atoms with Crippen molar-refractivity contribution < 1.29 is 0 Å². The molecule has 2 nitrogen and oxygen atoms in total. The molecule has 1 aromatic carbocycles. The lowest BCUT2D eigenvalue weighted by Crippen LogP contribution is -2.35. The number of fused-ring (bicyclic) bond motifs is 1. The van der Waals surface area contributed by atoms with E-state index in [1.165, 1.54) is 30.6 Å². The molecule has 0 aromatic heterocycles. The third kappa shape index (κ3) is 2.56. The Kier molecular flexibility index (Phi) is 3.83. The van der Waals surface area contributed by atoms with Crippen LogP contribution in [0.25, 0.3) is 0 Å². The van der Waals surface area contributed by atoms with Crippen LogP contribution in [0.1, 0.15) is 25.3 Å². The highest BCUT2D eigenvalue weighted by molar-refractivity contribution is 5.55. The highest BCUT2D eigenvalue weighted by Gasteiger charge is 2.20. The third-order valence-electron chi connectivity index (χ3n) is 3.31. The molecule has 0 spiro atoms. The van der Waals surface area contributed by atoms with Gasteiger partial charge in [-0.05, 0) is 43.4 Å². The van der Waals surface area contributed by atoms with Crippen LogP contribution in [0, 0.1) is 5.92 Å². The van der Waals surface area contributed by atoms with Gasteiger partial charge >= 0.3 is 0 Å². The van der Waals surface area contributed by atoms with E-state index in [4.69, 9.17) is 5.73 Å². The maximum absolute atomic E-state index is 5.55. The number of rotatable bonds is 4. The number of para-hydroxylation sites is 1. The number of hydrogen-bond donors (Lipinski definition) is 1. The maximum atomic E-state index is 5.55. The minimum absolute atomic E-state index is 0.771. The van der Waals surface area contributed by atoms with Gasteiger partial charge in [0.2, 0.25) is 0 Å². The molecule has 2 N–H and O–H groups in total. The average molecular weight is 218 g/mol. The van der Waals surface area contributed by atoms with Crippen LogP contribution in [0.2, 0.25) is 0 Å². The number of nitrogens with zero attached hydrogens (tertiary/aromatic N) is 1. The summed E-state index contributed by atoms with van der Waals surface area (Å²) in [7, 11) is 0. The summed E-state index contributed by atoms with van der Waals surface area (Å²) >= 11 is 0. The van der Waals surface area contributed by atoms with Crippen molar-refractivity contribution in [2.24, 2.45) is 11.7 Å². The second-order valence-electron chi connectivity index (χ2n) is 4.88. The molecule has 88 valence electrons. The van der Waals surface area contributed by atoms with Gasteiger partial charge < -0.3 is 10.6 Å². The second-order valence-corrected chi connectivity index (χ2v) is 4.88. The van der Waals surface area contributed by atoms with Gasteiger partial charge in [0.1, 0.15) is 0 Å². The summed E-state index contributed by atoms with van der Waals surface area (Å²) in [5.74, 6) is 0.771. The first-order chi connectivity index (χ1) is 7.81. The van der Waals surface area contributed by atoms with Gasteiger partial charge in [-0.2, -0.15) is 0 Å². The Bertz CT molecular complexity index is 335. The SMILES string of the molecule is CC1Cc2ccccc2N(CCCCN)C1. The molecule has 0 saturated heterocycles. The minimum Gasteiger partial charge on any atom is -0.371 e. The van der Waals surface area contributed by atoms with E-state index < -0.39 is 0 Å². The van der Waals surface area contributed by atoms with Gasteiger partial charge in [0, 0.05) is 18.8 Å². The van der Waals surface area contributed by atoms with Crippen LogP contribution < -0.4 is 10.6 Å². The second kappa shape index (κ2) is 5.35. The summed E-state index contributed by atoms with van der Waals surface area (Å²) in [4.78, 5) is 2.53. The highest BCUT2D eigenvalue weighted by atomic mass is 15.1. The van der Waals surface area contributed by atoms with Crippen LogP contribution in [0.4, 0.5) is 5.69 Å². The van der Waals surface area contributed by atoms with E-state index >= 15 is 0 Å². The van der Waals surface area contributed by atoms with Crippen LogP contribution in [-0.4, -0.2) is 19.6 Å². The van der Waals surface area contributed by atoms with Crippen molar-refractivity contribution in [3.8, 4) is 0 Å². The van der Waals surface area contributed by atoms with Gasteiger partial charge in [-0.1, -0.05) is 25.1 Å². The van der Waals surface area contributed by atoms with Crippen LogP contribution in [-0.2, 0) is 6.42 Å². The topological polar surface area (TPSA) is 29.3 Å². The Balaban J connectivity index is 2.07. The van der Waals surface area contributed by atoms with E-state index in [1.54, 1.807) is 0 Å². The minimum atomic E-state index is 0.771. The fraction of sp³-hybridized carbons (Fsp3) is 0.571. The molecule has 0 fully saturated rings. The molecule has 2 heteroatoms. The zero-order valence-corrected chi connectivity index (χ0v) is 10.2. The monoisotopic (exact) mass is 218 g/mol. The average Bonchev–Trinajstić information content (AvgIpc) is 2.29. The Labute approximate surface area is 98.4 Å². The Hall–Kier alpha value is -1.02. The standard InChI is InChI=1S/C14H22N2/c1-12-10-13-6-2-3-7-14(13)16(11-12)9-5-4-8-15/h2-3,6-7,12H,4-5,8-11,15H2,1H3. The Morgan fingerprint density at radius 2 is 2.12 bits per heavy atom. The fourth-order valence-corrected chi connectivity index (χ4v) is 2.57. The van der Waals surface area contributed by atoms with E-state index in [9.17, 15) is 0 Å². The van der Waals surface area contributed by atoms with Crippen molar-refractivity contribution in [2.75, 3.05) is 24.5 Å². The van der Waals surface area contributed by atoms with Crippen molar-refractivity contribution >= 4 is 5.69 Å². The molecule has 0 bridgehead atoms. The van der Waals surface area contributed by atoms with Gasteiger partial charge in [0.15, 0.2) is 0 Å². The first-order valence-corrected chi connectivity index (χ1v) is 6.34. The van der Waals surface area contributed by atoms with Crippen LogP contribution in [0.5, 0.6) is 0 Å². The molecule has 2 rings (SSSR count). The first kappa shape index (κ1) is 11.5. The smallest absolute Gasteiger partial charge is 0.0398 e. The number of nitrogens with two attached hydrogens (primary N) is 1. The highest BCUT2D eigenvalue weighted by Crippen LogP contribution is 2.29. The molecule has 1 aliphatic rings. The summed E-state index contributed by atoms with van der Waals surface area (Å²) < 4.78 is 0. The molecular weight excluding hydrogens is 196 g/mol. The summed E-state index contributed by atoms with van der Waals surface area (Å²) in [6.45, 7) is 5.50. The van der Waals surface area contributed by atoms with Gasteiger partial charge in [-0.15, -0.1) is 0 Å². The molecule has 1 aliphatic heterocycles. The number of hydrogen-bond acceptors (Lipinski definition) is 2. The summed E-state index contributed by atoms with van der Waals surface area (Å²) in [6.07, 6.45) is 3.56. The largest absolute Gasteiger partial charge is 0.371 e. The molecule has 1 unspecified atom stereocenters. The molecule has 0 amide bonds. The summed E-state index contributed by atoms with van der Waals surface area (Å²) in [5, 5.41) is 0. The lowest BCUT2D eigenvalue weighted by Gasteiger charge is -2.34. The van der Waals surface area contributed by atoms with Crippen molar-refractivity contribution in [3.63, 3.8) is 0 Å². The Morgan fingerprint density at radius 3 is 2.94 bits per heavy atom. The van der Waals surface area contributed by atoms with Gasteiger partial charge in [0.25, 0.3) is 0 Å².